The van der Waals surface area contributed by atoms with Crippen molar-refractivity contribution in [2.24, 2.45) is 5.73 Å². The van der Waals surface area contributed by atoms with Crippen LogP contribution < -0.4 is 15.9 Å². The van der Waals surface area contributed by atoms with Crippen LogP contribution in [-0.4, -0.2) is 57.9 Å². The second kappa shape index (κ2) is 11.4. The summed E-state index contributed by atoms with van der Waals surface area (Å²) in [7, 11) is 1.23. The number of methoxy groups -OCH3 is 1. The largest absolute Gasteiger partial charge is 0.491 e. The first-order valence-corrected chi connectivity index (χ1v) is 14.2. The molecule has 4 atom stereocenters. The van der Waals surface area contributed by atoms with Gasteiger partial charge in [-0.3, -0.25) is 19.2 Å². The summed E-state index contributed by atoms with van der Waals surface area (Å²) in [4.78, 5) is 47.4. The number of pyridine rings is 1. The van der Waals surface area contributed by atoms with E-state index in [1.54, 1.807) is 4.90 Å². The number of carbonyl (C=O) groups excluding carboxylic acids is 2. The van der Waals surface area contributed by atoms with Gasteiger partial charge in [-0.2, -0.15) is 5.06 Å². The van der Waals surface area contributed by atoms with Gasteiger partial charge in [0.25, 0.3) is 11.8 Å². The van der Waals surface area contributed by atoms with Crippen LogP contribution in [0.3, 0.4) is 0 Å². The van der Waals surface area contributed by atoms with Crippen LogP contribution in [0.15, 0.2) is 53.5 Å². The van der Waals surface area contributed by atoms with Crippen LogP contribution in [-0.2, 0) is 22.7 Å². The lowest BCUT2D eigenvalue weighted by Crippen LogP contribution is -2.52. The van der Waals surface area contributed by atoms with Crippen LogP contribution in [0.25, 0.3) is 0 Å². The van der Waals surface area contributed by atoms with E-state index >= 15 is 0 Å². The molecule has 232 valence electrons. The molecule has 3 aliphatic heterocycles. The number of rotatable bonds is 7. The first-order valence-electron chi connectivity index (χ1n) is 14.2. The van der Waals surface area contributed by atoms with Crippen LogP contribution in [0.5, 0.6) is 5.75 Å². The van der Waals surface area contributed by atoms with Gasteiger partial charge >= 0.3 is 0 Å². The minimum Gasteiger partial charge on any atom is -0.491 e. The third kappa shape index (κ3) is 5.04. The fourth-order valence-corrected chi connectivity index (χ4v) is 6.49. The number of aromatic nitrogens is 1. The molecule has 2 bridgehead atoms. The zero-order valence-electron chi connectivity index (χ0n) is 24.1. The third-order valence-electron chi connectivity index (χ3n) is 8.80. The van der Waals surface area contributed by atoms with E-state index in [-0.39, 0.29) is 42.6 Å². The van der Waals surface area contributed by atoms with E-state index in [0.29, 0.717) is 25.0 Å². The predicted octanol–water partition coefficient (Wildman–Crippen LogP) is 3.67. The summed E-state index contributed by atoms with van der Waals surface area (Å²) in [5.41, 5.74) is 3.65. The number of halogens is 3. The molecule has 0 radical (unpaired) electrons. The molecule has 1 aromatic heterocycles. The Kier molecular flexibility index (Phi) is 7.72. The number of ether oxygens (including phenoxy) is 2. The molecular weight excluding hydrogens is 581 g/mol. The van der Waals surface area contributed by atoms with E-state index in [1.807, 2.05) is 37.3 Å². The van der Waals surface area contributed by atoms with Crippen molar-refractivity contribution in [2.75, 3.05) is 13.7 Å². The maximum Gasteiger partial charge on any atom is 0.274 e. The lowest BCUT2D eigenvalue weighted by molar-refractivity contribution is -0.258. The van der Waals surface area contributed by atoms with Gasteiger partial charge in [-0.05, 0) is 25.3 Å². The predicted molar refractivity (Wildman–Crippen MR) is 150 cm³/mol. The van der Waals surface area contributed by atoms with Crippen molar-refractivity contribution >= 4 is 11.8 Å². The second-order valence-corrected chi connectivity index (χ2v) is 11.4. The minimum absolute atomic E-state index is 0.0497. The van der Waals surface area contributed by atoms with E-state index < -0.39 is 64.7 Å². The van der Waals surface area contributed by atoms with Crippen LogP contribution in [0.4, 0.5) is 13.2 Å². The molecular formula is C31H31F3N4O6. The SMILES string of the molecule is COc1c2n(cc(C(N)=O)c1=O)[C@@H]1CN(C2=O)[C@H](C)CC[C@]12C[C@H](OCc1ccccc1)N(Cc1c(F)cc(F)cc1F)O2. The van der Waals surface area contributed by atoms with Crippen molar-refractivity contribution in [2.45, 2.75) is 63.3 Å². The highest BCUT2D eigenvalue weighted by molar-refractivity contribution is 5.99. The summed E-state index contributed by atoms with van der Waals surface area (Å²) >= 11 is 0. The van der Waals surface area contributed by atoms with Gasteiger partial charge in [0, 0.05) is 42.9 Å². The van der Waals surface area contributed by atoms with E-state index in [9.17, 15) is 27.6 Å². The number of nitrogens with zero attached hydrogens (tertiary/aromatic N) is 3. The third-order valence-corrected chi connectivity index (χ3v) is 8.80. The summed E-state index contributed by atoms with van der Waals surface area (Å²) in [6.07, 6.45) is 1.51. The van der Waals surface area contributed by atoms with Crippen molar-refractivity contribution in [3.05, 3.63) is 98.7 Å². The zero-order chi connectivity index (χ0) is 31.3. The van der Waals surface area contributed by atoms with Crippen LogP contribution in [0.1, 0.15) is 64.2 Å². The van der Waals surface area contributed by atoms with Crippen LogP contribution >= 0.6 is 0 Å². The van der Waals surface area contributed by atoms with Gasteiger partial charge < -0.3 is 24.7 Å². The van der Waals surface area contributed by atoms with Gasteiger partial charge in [0.2, 0.25) is 5.43 Å². The molecule has 6 rings (SSSR count). The number of primary amides is 1. The number of carbonyl (C=O) groups is 2. The smallest absolute Gasteiger partial charge is 0.274 e. The van der Waals surface area contributed by atoms with Crippen LogP contribution in [0, 0.1) is 17.5 Å². The molecule has 10 nitrogen and oxygen atoms in total. The number of benzene rings is 2. The molecule has 2 aromatic carbocycles. The Hall–Kier alpha value is -4.20. The lowest BCUT2D eigenvalue weighted by Gasteiger charge is -2.42. The van der Waals surface area contributed by atoms with Gasteiger partial charge in [0.05, 0.1) is 26.3 Å². The Morgan fingerprint density at radius 3 is 2.50 bits per heavy atom. The molecule has 2 saturated heterocycles. The standard InChI is InChI=1S/C31H31F3N4O6/c1-17-8-9-31(24-15-36(17)30(41)26-28(42-2)27(39)21(29(35)40)13-37(24)26)12-25(43-16-18-6-4-3-5-7-18)38(44-31)14-20-22(33)10-19(32)11-23(20)34/h3-7,10-11,13,17,24-25H,8-9,12,14-16H2,1-2H3,(H2,35,40)/t17-,24-,25+,31+/m1/s1. The van der Waals surface area contributed by atoms with Gasteiger partial charge in [0.15, 0.2) is 11.4 Å². The van der Waals surface area contributed by atoms with Crippen molar-refractivity contribution < 1.29 is 37.1 Å². The fourth-order valence-electron chi connectivity index (χ4n) is 6.49. The Bertz CT molecular complexity index is 1660. The summed E-state index contributed by atoms with van der Waals surface area (Å²) in [5, 5.41) is 1.34. The monoisotopic (exact) mass is 612 g/mol. The number of hydrogen-bond donors (Lipinski definition) is 1. The normalized spacial score (nSPS) is 24.8. The van der Waals surface area contributed by atoms with Gasteiger partial charge in [-0.15, -0.1) is 0 Å². The second-order valence-electron chi connectivity index (χ2n) is 11.4. The first-order chi connectivity index (χ1) is 21.0. The van der Waals surface area contributed by atoms with E-state index in [4.69, 9.17) is 20.0 Å². The molecule has 1 spiro atoms. The average molecular weight is 613 g/mol. The maximum absolute atomic E-state index is 14.8. The number of hydrogen-bond acceptors (Lipinski definition) is 7. The Morgan fingerprint density at radius 2 is 1.84 bits per heavy atom. The quantitative estimate of drug-likeness (QED) is 0.433. The molecule has 3 aromatic rings. The molecule has 44 heavy (non-hydrogen) atoms. The van der Waals surface area contributed by atoms with E-state index in [2.05, 4.69) is 0 Å². The van der Waals surface area contributed by atoms with Crippen molar-refractivity contribution in [3.8, 4) is 5.75 Å². The number of fused-ring (bicyclic) bond motifs is 5. The highest BCUT2D eigenvalue weighted by Crippen LogP contribution is 2.49. The highest BCUT2D eigenvalue weighted by Gasteiger charge is 2.57. The molecule has 13 heteroatoms. The van der Waals surface area contributed by atoms with Crippen molar-refractivity contribution in [3.63, 3.8) is 0 Å². The van der Waals surface area contributed by atoms with Gasteiger partial charge in [-0.25, -0.2) is 13.2 Å². The van der Waals surface area contributed by atoms with Crippen molar-refractivity contribution in [1.82, 2.24) is 14.5 Å². The summed E-state index contributed by atoms with van der Waals surface area (Å²) in [6.45, 7) is 1.78. The first kappa shape index (κ1) is 29.9. The number of hydroxylamine groups is 2. The summed E-state index contributed by atoms with van der Waals surface area (Å²) in [6, 6.07) is 9.59. The number of amides is 2. The Balaban J connectivity index is 1.46. The highest BCUT2D eigenvalue weighted by atomic mass is 19.1. The van der Waals surface area contributed by atoms with Crippen LogP contribution in [0.2, 0.25) is 0 Å². The molecule has 3 aliphatic rings. The average Bonchev–Trinajstić information content (AvgIpc) is 3.29. The van der Waals surface area contributed by atoms with E-state index in [1.165, 1.54) is 22.9 Å². The summed E-state index contributed by atoms with van der Waals surface area (Å²) in [5.74, 6) is -4.94. The maximum atomic E-state index is 14.8. The summed E-state index contributed by atoms with van der Waals surface area (Å²) < 4.78 is 56.6. The molecule has 4 heterocycles. The molecule has 2 N–H and O–H groups in total. The molecule has 2 fully saturated rings. The van der Waals surface area contributed by atoms with Crippen molar-refractivity contribution in [1.29, 1.82) is 0 Å². The topological polar surface area (TPSA) is 116 Å². The molecule has 0 aliphatic carbocycles. The van der Waals surface area contributed by atoms with E-state index in [0.717, 1.165) is 5.56 Å². The Labute approximate surface area is 250 Å². The Morgan fingerprint density at radius 1 is 1.14 bits per heavy atom. The van der Waals surface area contributed by atoms with Gasteiger partial charge in [0.1, 0.15) is 34.8 Å². The molecule has 0 unspecified atom stereocenters. The fraction of sp³-hybridized carbons (Fsp3) is 0.387. The number of nitrogens with two attached hydrogens (primary N) is 1. The van der Waals surface area contributed by atoms with Gasteiger partial charge in [-0.1, -0.05) is 30.3 Å². The minimum atomic E-state index is -1.12. The zero-order valence-corrected chi connectivity index (χ0v) is 24.1. The molecule has 2 amide bonds. The molecule has 0 saturated carbocycles. The lowest BCUT2D eigenvalue weighted by atomic mass is 9.85.